The molecular formula is C6H12N2S. The van der Waals surface area contributed by atoms with E-state index in [4.69, 9.17) is 0 Å². The summed E-state index contributed by atoms with van der Waals surface area (Å²) < 4.78 is 4.00. The predicted octanol–water partition coefficient (Wildman–Crippen LogP) is 2.02. The first kappa shape index (κ1) is 8.69. The van der Waals surface area contributed by atoms with Gasteiger partial charge in [0.15, 0.2) is 0 Å². The highest BCUT2D eigenvalue weighted by Crippen LogP contribution is 1.96. The first-order valence-electron chi connectivity index (χ1n) is 2.87. The number of nitrogens with zero attached hydrogens (tertiary/aromatic N) is 2. The maximum Gasteiger partial charge on any atom is 0.0767 e. The van der Waals surface area contributed by atoms with Crippen molar-refractivity contribution in [2.75, 3.05) is 7.05 Å². The molecule has 9 heavy (non-hydrogen) atoms. The van der Waals surface area contributed by atoms with Crippen molar-refractivity contribution in [1.82, 2.24) is 0 Å². The summed E-state index contributed by atoms with van der Waals surface area (Å²) in [5, 5.41) is 0. The molecule has 0 spiro atoms. The zero-order valence-electron chi connectivity index (χ0n) is 6.03. The van der Waals surface area contributed by atoms with Crippen LogP contribution in [0, 0.1) is 5.92 Å². The molecule has 0 aliphatic heterocycles. The largest absolute Gasteiger partial charge is 0.288 e. The Morgan fingerprint density at radius 1 is 1.44 bits per heavy atom. The highest BCUT2D eigenvalue weighted by atomic mass is 32.2. The van der Waals surface area contributed by atoms with Gasteiger partial charge in [0.1, 0.15) is 0 Å². The first-order valence-corrected chi connectivity index (χ1v) is 3.71. The Morgan fingerprint density at radius 2 is 2.11 bits per heavy atom. The van der Waals surface area contributed by atoms with Crippen LogP contribution in [0.4, 0.5) is 0 Å². The van der Waals surface area contributed by atoms with Gasteiger partial charge in [-0.05, 0) is 5.92 Å². The van der Waals surface area contributed by atoms with Gasteiger partial charge in [0, 0.05) is 25.2 Å². The highest BCUT2D eigenvalue weighted by Gasteiger charge is 1.81. The predicted molar refractivity (Wildman–Crippen MR) is 45.3 cm³/mol. The van der Waals surface area contributed by atoms with Crippen LogP contribution in [0.5, 0.6) is 0 Å². The Hall–Kier alpha value is -0.310. The van der Waals surface area contributed by atoms with Crippen molar-refractivity contribution in [2.24, 2.45) is 15.3 Å². The van der Waals surface area contributed by atoms with Crippen LogP contribution >= 0.6 is 11.9 Å². The summed E-state index contributed by atoms with van der Waals surface area (Å²) in [5.41, 5.74) is 1.71. The van der Waals surface area contributed by atoms with Crippen LogP contribution in [0.25, 0.3) is 0 Å². The second kappa shape index (κ2) is 5.82. The summed E-state index contributed by atoms with van der Waals surface area (Å²) in [5.74, 6) is 0.530. The van der Waals surface area contributed by atoms with E-state index >= 15 is 0 Å². The van der Waals surface area contributed by atoms with Gasteiger partial charge in [-0.15, -0.1) is 0 Å². The van der Waals surface area contributed by atoms with E-state index in [1.165, 1.54) is 11.9 Å². The van der Waals surface area contributed by atoms with Crippen LogP contribution in [-0.2, 0) is 0 Å². The summed E-state index contributed by atoms with van der Waals surface area (Å²) >= 11 is 1.36. The minimum Gasteiger partial charge on any atom is -0.288 e. The van der Waals surface area contributed by atoms with Crippen molar-refractivity contribution in [1.29, 1.82) is 0 Å². The van der Waals surface area contributed by atoms with Crippen molar-refractivity contribution in [3.8, 4) is 0 Å². The van der Waals surface area contributed by atoms with Crippen molar-refractivity contribution in [3.63, 3.8) is 0 Å². The molecular weight excluding hydrogens is 132 g/mol. The number of hydrogen-bond acceptors (Lipinski definition) is 3. The minimum atomic E-state index is 0.530. The maximum absolute atomic E-state index is 4.00. The lowest BCUT2D eigenvalue weighted by molar-refractivity contribution is 0.910. The molecule has 2 nitrogen and oxygen atoms in total. The Morgan fingerprint density at radius 3 is 2.56 bits per heavy atom. The molecule has 3 heteroatoms. The molecule has 0 aromatic rings. The Labute approximate surface area is 60.6 Å². The van der Waals surface area contributed by atoms with Crippen LogP contribution in [0.1, 0.15) is 13.8 Å². The van der Waals surface area contributed by atoms with Crippen molar-refractivity contribution < 1.29 is 0 Å². The average Bonchev–Trinajstić information content (AvgIpc) is 1.80. The van der Waals surface area contributed by atoms with Crippen molar-refractivity contribution >= 4 is 23.7 Å². The normalized spacial score (nSPS) is 12.4. The molecule has 0 atom stereocenters. The van der Waals surface area contributed by atoms with Gasteiger partial charge in [-0.25, -0.2) is 4.40 Å². The third-order valence-corrected chi connectivity index (χ3v) is 1.12. The van der Waals surface area contributed by atoms with Crippen LogP contribution in [-0.4, -0.2) is 18.8 Å². The van der Waals surface area contributed by atoms with Crippen molar-refractivity contribution in [2.45, 2.75) is 13.8 Å². The third kappa shape index (κ3) is 7.69. The quantitative estimate of drug-likeness (QED) is 0.338. The summed E-state index contributed by atoms with van der Waals surface area (Å²) in [4.78, 5) is 3.76. The Bertz CT molecular complexity index is 108. The van der Waals surface area contributed by atoms with E-state index in [0.717, 1.165) is 0 Å². The summed E-state index contributed by atoms with van der Waals surface area (Å²) in [6, 6.07) is 0. The molecule has 0 amide bonds. The molecule has 0 fully saturated rings. The van der Waals surface area contributed by atoms with E-state index in [2.05, 4.69) is 23.2 Å². The molecule has 0 unspecified atom stereocenters. The van der Waals surface area contributed by atoms with Gasteiger partial charge in [-0.2, -0.15) is 0 Å². The molecule has 52 valence electrons. The smallest absolute Gasteiger partial charge is 0.0767 e. The van der Waals surface area contributed by atoms with E-state index in [9.17, 15) is 0 Å². The van der Waals surface area contributed by atoms with E-state index in [1.807, 2.05) is 6.21 Å². The molecule has 0 aromatic heterocycles. The van der Waals surface area contributed by atoms with E-state index in [0.29, 0.717) is 5.92 Å². The molecule has 0 radical (unpaired) electrons. The minimum absolute atomic E-state index is 0.530. The zero-order chi connectivity index (χ0) is 7.11. The zero-order valence-corrected chi connectivity index (χ0v) is 6.85. The first-order chi connectivity index (χ1) is 4.27. The Balaban J connectivity index is 3.25. The molecule has 0 saturated heterocycles. The van der Waals surface area contributed by atoms with Gasteiger partial charge < -0.3 is 0 Å². The number of rotatable bonds is 3. The van der Waals surface area contributed by atoms with Gasteiger partial charge in [-0.3, -0.25) is 4.99 Å². The SMILES string of the molecule is C/N=C\S/N=C/C(C)C. The van der Waals surface area contributed by atoms with Crippen molar-refractivity contribution in [3.05, 3.63) is 0 Å². The lowest BCUT2D eigenvalue weighted by Crippen LogP contribution is -1.84. The molecule has 0 bridgehead atoms. The third-order valence-electron chi connectivity index (χ3n) is 0.572. The molecule has 0 rings (SSSR count). The second-order valence-electron chi connectivity index (χ2n) is 1.97. The van der Waals surface area contributed by atoms with E-state index < -0.39 is 0 Å². The standard InChI is InChI=1S/C6H12N2S/c1-6(2)4-8-9-5-7-3/h4-6H,1-3H3/b7-5-,8-4+. The summed E-state index contributed by atoms with van der Waals surface area (Å²) in [7, 11) is 1.73. The molecule has 0 N–H and O–H groups in total. The van der Waals surface area contributed by atoms with Crippen LogP contribution in [0.15, 0.2) is 9.39 Å². The average molecular weight is 144 g/mol. The fraction of sp³-hybridized carbons (Fsp3) is 0.667. The fourth-order valence-corrected chi connectivity index (χ4v) is 0.694. The van der Waals surface area contributed by atoms with Crippen LogP contribution in [0.3, 0.4) is 0 Å². The van der Waals surface area contributed by atoms with E-state index in [1.54, 1.807) is 12.6 Å². The number of aliphatic imine (C=N–C) groups is 1. The monoisotopic (exact) mass is 144 g/mol. The van der Waals surface area contributed by atoms with Gasteiger partial charge in [0.2, 0.25) is 0 Å². The molecule has 0 heterocycles. The molecule has 0 saturated carbocycles. The van der Waals surface area contributed by atoms with Gasteiger partial charge in [-0.1, -0.05) is 13.8 Å². The van der Waals surface area contributed by atoms with Gasteiger partial charge in [0.05, 0.1) is 5.55 Å². The summed E-state index contributed by atoms with van der Waals surface area (Å²) in [6.07, 6.45) is 1.90. The van der Waals surface area contributed by atoms with Crippen LogP contribution < -0.4 is 0 Å². The maximum atomic E-state index is 4.00. The number of hydrogen-bond donors (Lipinski definition) is 0. The molecule has 0 aliphatic carbocycles. The molecule has 0 aliphatic rings. The van der Waals surface area contributed by atoms with Crippen LogP contribution in [0.2, 0.25) is 0 Å². The lowest BCUT2D eigenvalue weighted by atomic mass is 10.3. The summed E-state index contributed by atoms with van der Waals surface area (Å²) in [6.45, 7) is 4.18. The lowest BCUT2D eigenvalue weighted by Gasteiger charge is -1.88. The Kier molecular flexibility index (Phi) is 5.62. The molecule has 0 aromatic carbocycles. The topological polar surface area (TPSA) is 24.7 Å². The van der Waals surface area contributed by atoms with E-state index in [-0.39, 0.29) is 0 Å². The second-order valence-corrected chi connectivity index (χ2v) is 2.60. The fourth-order valence-electron chi connectivity index (χ4n) is 0.231. The van der Waals surface area contributed by atoms with Gasteiger partial charge >= 0.3 is 0 Å². The highest BCUT2D eigenvalue weighted by molar-refractivity contribution is 8.11. The van der Waals surface area contributed by atoms with Gasteiger partial charge in [0.25, 0.3) is 0 Å².